The number of benzene rings is 1. The number of aldehydes is 1. The molecule has 1 aromatic heterocycles. The van der Waals surface area contributed by atoms with Gasteiger partial charge in [0.2, 0.25) is 0 Å². The van der Waals surface area contributed by atoms with Gasteiger partial charge in [0, 0.05) is 17.0 Å². The molecule has 0 amide bonds. The van der Waals surface area contributed by atoms with Crippen molar-refractivity contribution in [1.82, 2.24) is 4.98 Å². The highest BCUT2D eigenvalue weighted by Crippen LogP contribution is 2.25. The quantitative estimate of drug-likeness (QED) is 0.740. The molecular formula is C13H13NO. The van der Waals surface area contributed by atoms with E-state index in [0.29, 0.717) is 0 Å². The Morgan fingerprint density at radius 3 is 2.33 bits per heavy atom. The zero-order valence-corrected chi connectivity index (χ0v) is 8.87. The monoisotopic (exact) mass is 199 g/mol. The molecule has 0 aliphatic rings. The highest BCUT2D eigenvalue weighted by molar-refractivity contribution is 5.84. The van der Waals surface area contributed by atoms with E-state index in [0.717, 1.165) is 34.4 Å². The second-order valence-electron chi connectivity index (χ2n) is 3.65. The molecule has 0 saturated heterocycles. The van der Waals surface area contributed by atoms with Crippen LogP contribution in [-0.2, 0) is 0 Å². The smallest absolute Gasteiger partial charge is 0.152 e. The van der Waals surface area contributed by atoms with Crippen molar-refractivity contribution in [3.63, 3.8) is 0 Å². The van der Waals surface area contributed by atoms with Crippen molar-refractivity contribution in [3.8, 4) is 11.3 Å². The minimum Gasteiger partial charge on any atom is -0.358 e. The van der Waals surface area contributed by atoms with Gasteiger partial charge in [0.05, 0.1) is 0 Å². The van der Waals surface area contributed by atoms with E-state index >= 15 is 0 Å². The number of rotatable bonds is 2. The fourth-order valence-electron chi connectivity index (χ4n) is 1.83. The lowest BCUT2D eigenvalue weighted by Gasteiger charge is -1.99. The van der Waals surface area contributed by atoms with Crippen LogP contribution in [0.3, 0.4) is 0 Å². The summed E-state index contributed by atoms with van der Waals surface area (Å²) in [6, 6.07) is 10.0. The number of hydrogen-bond acceptors (Lipinski definition) is 1. The Bertz CT molecular complexity index is 483. The third-order valence-corrected chi connectivity index (χ3v) is 2.68. The van der Waals surface area contributed by atoms with E-state index in [1.54, 1.807) is 0 Å². The zero-order valence-electron chi connectivity index (χ0n) is 8.87. The molecule has 2 nitrogen and oxygen atoms in total. The Hall–Kier alpha value is -1.83. The highest BCUT2D eigenvalue weighted by atomic mass is 16.1. The van der Waals surface area contributed by atoms with E-state index < -0.39 is 0 Å². The highest BCUT2D eigenvalue weighted by Gasteiger charge is 2.11. The van der Waals surface area contributed by atoms with E-state index in [1.807, 2.05) is 44.2 Å². The summed E-state index contributed by atoms with van der Waals surface area (Å²) in [5.74, 6) is 0. The van der Waals surface area contributed by atoms with Crippen molar-refractivity contribution in [2.75, 3.05) is 0 Å². The maximum Gasteiger partial charge on any atom is 0.152 e. The minimum atomic E-state index is 0.772. The third-order valence-electron chi connectivity index (χ3n) is 2.68. The molecule has 1 heterocycles. The summed E-state index contributed by atoms with van der Waals surface area (Å²) >= 11 is 0. The van der Waals surface area contributed by atoms with Crippen LogP contribution in [0.4, 0.5) is 0 Å². The molecule has 76 valence electrons. The third kappa shape index (κ3) is 1.59. The standard InChI is InChI=1S/C13H13NO/c1-9-12(8-15)10(2)14-13(9)11-6-4-3-5-7-11/h3-8,14H,1-2H3. The SMILES string of the molecule is Cc1[nH]c(-c2ccccc2)c(C)c1C=O. The van der Waals surface area contributed by atoms with Crippen molar-refractivity contribution in [2.24, 2.45) is 0 Å². The van der Waals surface area contributed by atoms with Gasteiger partial charge in [-0.25, -0.2) is 0 Å². The molecule has 0 radical (unpaired) electrons. The summed E-state index contributed by atoms with van der Waals surface area (Å²) < 4.78 is 0. The van der Waals surface area contributed by atoms with Crippen LogP contribution in [-0.4, -0.2) is 11.3 Å². The molecule has 0 spiro atoms. The average molecular weight is 199 g/mol. The number of carbonyl (C=O) groups excluding carboxylic acids is 1. The van der Waals surface area contributed by atoms with E-state index in [1.165, 1.54) is 0 Å². The van der Waals surface area contributed by atoms with Crippen LogP contribution in [0.1, 0.15) is 21.6 Å². The van der Waals surface area contributed by atoms with Gasteiger partial charge in [-0.2, -0.15) is 0 Å². The summed E-state index contributed by atoms with van der Waals surface area (Å²) in [6.45, 7) is 3.89. The number of hydrogen-bond donors (Lipinski definition) is 1. The largest absolute Gasteiger partial charge is 0.358 e. The molecular weight excluding hydrogens is 186 g/mol. The van der Waals surface area contributed by atoms with Crippen molar-refractivity contribution >= 4 is 6.29 Å². The van der Waals surface area contributed by atoms with E-state index in [-0.39, 0.29) is 0 Å². The number of aryl methyl sites for hydroxylation is 1. The first-order valence-corrected chi connectivity index (χ1v) is 4.94. The molecule has 1 N–H and O–H groups in total. The second kappa shape index (κ2) is 3.73. The Balaban J connectivity index is 2.60. The molecule has 2 rings (SSSR count). The van der Waals surface area contributed by atoms with Crippen LogP contribution in [0.15, 0.2) is 30.3 Å². The first-order chi connectivity index (χ1) is 7.24. The van der Waals surface area contributed by atoms with Gasteiger partial charge in [0.1, 0.15) is 0 Å². The lowest BCUT2D eigenvalue weighted by Crippen LogP contribution is -1.83. The first kappa shape index (κ1) is 9.71. The summed E-state index contributed by atoms with van der Waals surface area (Å²) in [6.07, 6.45) is 0.910. The molecule has 0 saturated carbocycles. The lowest BCUT2D eigenvalue weighted by atomic mass is 10.1. The Morgan fingerprint density at radius 2 is 1.80 bits per heavy atom. The van der Waals surface area contributed by atoms with E-state index in [2.05, 4.69) is 4.98 Å². The van der Waals surface area contributed by atoms with E-state index in [4.69, 9.17) is 0 Å². The van der Waals surface area contributed by atoms with Crippen molar-refractivity contribution in [1.29, 1.82) is 0 Å². The number of nitrogens with one attached hydrogen (secondary N) is 1. The van der Waals surface area contributed by atoms with Gasteiger partial charge in [-0.05, 0) is 25.0 Å². The molecule has 0 fully saturated rings. The lowest BCUT2D eigenvalue weighted by molar-refractivity contribution is 0.112. The molecule has 15 heavy (non-hydrogen) atoms. The maximum atomic E-state index is 10.9. The maximum absolute atomic E-state index is 10.9. The fraction of sp³-hybridized carbons (Fsp3) is 0.154. The van der Waals surface area contributed by atoms with Gasteiger partial charge in [-0.3, -0.25) is 4.79 Å². The molecule has 0 unspecified atom stereocenters. The van der Waals surface area contributed by atoms with Gasteiger partial charge in [-0.15, -0.1) is 0 Å². The van der Waals surface area contributed by atoms with Crippen LogP contribution in [0.25, 0.3) is 11.3 Å². The van der Waals surface area contributed by atoms with Crippen LogP contribution in [0.2, 0.25) is 0 Å². The van der Waals surface area contributed by atoms with Gasteiger partial charge in [0.25, 0.3) is 0 Å². The van der Waals surface area contributed by atoms with Gasteiger partial charge >= 0.3 is 0 Å². The summed E-state index contributed by atoms with van der Waals surface area (Å²) in [5.41, 5.74) is 4.88. The Labute approximate surface area is 89.0 Å². The molecule has 0 atom stereocenters. The molecule has 2 heteroatoms. The molecule has 1 aromatic carbocycles. The summed E-state index contributed by atoms with van der Waals surface area (Å²) in [5, 5.41) is 0. The molecule has 0 aliphatic carbocycles. The van der Waals surface area contributed by atoms with Crippen molar-refractivity contribution in [3.05, 3.63) is 47.2 Å². The topological polar surface area (TPSA) is 32.9 Å². The van der Waals surface area contributed by atoms with Gasteiger partial charge < -0.3 is 4.98 Å². The Kier molecular flexibility index (Phi) is 2.42. The predicted molar refractivity (Wildman–Crippen MR) is 61.1 cm³/mol. The number of aromatic amines is 1. The predicted octanol–water partition coefficient (Wildman–Crippen LogP) is 3.11. The number of aromatic nitrogens is 1. The number of carbonyl (C=O) groups is 1. The average Bonchev–Trinajstić information content (AvgIpc) is 2.55. The van der Waals surface area contributed by atoms with Crippen LogP contribution < -0.4 is 0 Å². The zero-order chi connectivity index (χ0) is 10.8. The molecule has 0 aliphatic heterocycles. The fourth-order valence-corrected chi connectivity index (χ4v) is 1.83. The van der Waals surface area contributed by atoms with Gasteiger partial charge in [-0.1, -0.05) is 30.3 Å². The second-order valence-corrected chi connectivity index (χ2v) is 3.65. The van der Waals surface area contributed by atoms with Gasteiger partial charge in [0.15, 0.2) is 6.29 Å². The Morgan fingerprint density at radius 1 is 1.13 bits per heavy atom. The van der Waals surface area contributed by atoms with Crippen LogP contribution in [0.5, 0.6) is 0 Å². The van der Waals surface area contributed by atoms with Crippen molar-refractivity contribution < 1.29 is 4.79 Å². The first-order valence-electron chi connectivity index (χ1n) is 4.94. The molecule has 2 aromatic rings. The van der Waals surface area contributed by atoms with Crippen molar-refractivity contribution in [2.45, 2.75) is 13.8 Å². The summed E-state index contributed by atoms with van der Waals surface area (Å²) in [4.78, 5) is 14.1. The van der Waals surface area contributed by atoms with Crippen LogP contribution in [0, 0.1) is 13.8 Å². The summed E-state index contributed by atoms with van der Waals surface area (Å²) in [7, 11) is 0. The minimum absolute atomic E-state index is 0.772. The normalized spacial score (nSPS) is 10.3. The van der Waals surface area contributed by atoms with E-state index in [9.17, 15) is 4.79 Å². The number of H-pyrrole nitrogens is 1. The van der Waals surface area contributed by atoms with Crippen LogP contribution >= 0.6 is 0 Å². The molecule has 0 bridgehead atoms.